The number of ether oxygens (including phenoxy) is 1. The van der Waals surface area contributed by atoms with Crippen molar-refractivity contribution < 1.29 is 4.74 Å². The molecule has 1 aromatic carbocycles. The van der Waals surface area contributed by atoms with Crippen LogP contribution in [0.15, 0.2) is 18.2 Å². The van der Waals surface area contributed by atoms with E-state index in [0.29, 0.717) is 0 Å². The molecule has 1 heterocycles. The molecule has 2 N–H and O–H groups in total. The van der Waals surface area contributed by atoms with Crippen LogP contribution in [-0.4, -0.2) is 6.61 Å². The van der Waals surface area contributed by atoms with Crippen molar-refractivity contribution in [3.63, 3.8) is 0 Å². The molecule has 19 heavy (non-hydrogen) atoms. The summed E-state index contributed by atoms with van der Waals surface area (Å²) < 4.78 is 5.72. The number of nitrogens with two attached hydrogens (primary N) is 1. The van der Waals surface area contributed by atoms with Gasteiger partial charge < -0.3 is 10.5 Å². The zero-order valence-corrected chi connectivity index (χ0v) is 12.5. The quantitative estimate of drug-likeness (QED) is 0.774. The fraction of sp³-hybridized carbons (Fsp3) is 0.647. The van der Waals surface area contributed by atoms with Gasteiger partial charge in [0.2, 0.25) is 0 Å². The molecule has 1 aliphatic rings. The molecule has 2 heteroatoms. The van der Waals surface area contributed by atoms with Crippen LogP contribution in [0.5, 0.6) is 5.75 Å². The maximum atomic E-state index is 6.32. The Labute approximate surface area is 117 Å². The van der Waals surface area contributed by atoms with Gasteiger partial charge in [0.15, 0.2) is 0 Å². The molecule has 0 spiro atoms. The fourth-order valence-corrected chi connectivity index (χ4v) is 2.73. The lowest BCUT2D eigenvalue weighted by Crippen LogP contribution is -2.19. The lowest BCUT2D eigenvalue weighted by atomic mass is 9.85. The van der Waals surface area contributed by atoms with Gasteiger partial charge in [0.1, 0.15) is 5.75 Å². The number of benzene rings is 1. The summed E-state index contributed by atoms with van der Waals surface area (Å²) >= 11 is 0. The molecule has 1 unspecified atom stereocenters. The van der Waals surface area contributed by atoms with E-state index in [0.717, 1.165) is 18.8 Å². The largest absolute Gasteiger partial charge is 0.492 e. The number of hydrogen-bond donors (Lipinski definition) is 1. The van der Waals surface area contributed by atoms with Gasteiger partial charge in [-0.15, -0.1) is 0 Å². The first-order valence-corrected chi connectivity index (χ1v) is 7.57. The van der Waals surface area contributed by atoms with E-state index in [-0.39, 0.29) is 11.5 Å². The predicted molar refractivity (Wildman–Crippen MR) is 80.7 cm³/mol. The number of fused-ring (bicyclic) bond motifs is 1. The monoisotopic (exact) mass is 261 g/mol. The maximum absolute atomic E-state index is 6.32. The average molecular weight is 261 g/mol. The average Bonchev–Trinajstić information content (AvgIpc) is 2.70. The van der Waals surface area contributed by atoms with Gasteiger partial charge in [-0.2, -0.15) is 0 Å². The van der Waals surface area contributed by atoms with Crippen LogP contribution in [0, 0.1) is 0 Å². The van der Waals surface area contributed by atoms with E-state index >= 15 is 0 Å². The second kappa shape index (κ2) is 5.96. The molecule has 2 nitrogen and oxygen atoms in total. The van der Waals surface area contributed by atoms with Gasteiger partial charge in [0, 0.05) is 17.0 Å². The summed E-state index contributed by atoms with van der Waals surface area (Å²) in [4.78, 5) is 0. The highest BCUT2D eigenvalue weighted by Crippen LogP contribution is 2.39. The summed E-state index contributed by atoms with van der Waals surface area (Å²) in [5, 5.41) is 0. The molecule has 0 radical (unpaired) electrons. The van der Waals surface area contributed by atoms with Crippen molar-refractivity contribution in [1.29, 1.82) is 0 Å². The molecular formula is C17H27NO. The molecule has 1 aliphatic heterocycles. The molecule has 0 saturated heterocycles. The van der Waals surface area contributed by atoms with E-state index in [1.165, 1.54) is 36.8 Å². The van der Waals surface area contributed by atoms with Gasteiger partial charge in [-0.25, -0.2) is 0 Å². The highest BCUT2D eigenvalue weighted by Gasteiger charge is 2.32. The summed E-state index contributed by atoms with van der Waals surface area (Å²) in [6.07, 6.45) is 6.20. The maximum Gasteiger partial charge on any atom is 0.123 e. The molecule has 0 bridgehead atoms. The van der Waals surface area contributed by atoms with Crippen molar-refractivity contribution in [2.45, 2.75) is 64.3 Å². The first kappa shape index (κ1) is 14.4. The van der Waals surface area contributed by atoms with E-state index in [2.05, 4.69) is 39.0 Å². The fourth-order valence-electron chi connectivity index (χ4n) is 2.73. The Morgan fingerprint density at radius 2 is 2.05 bits per heavy atom. The normalized spacial score (nSPS) is 17.9. The van der Waals surface area contributed by atoms with Crippen LogP contribution in [0.1, 0.15) is 70.0 Å². The molecule has 1 aromatic rings. The van der Waals surface area contributed by atoms with Crippen LogP contribution in [0.3, 0.4) is 0 Å². The summed E-state index contributed by atoms with van der Waals surface area (Å²) in [6, 6.07) is 6.64. The molecule has 0 fully saturated rings. The van der Waals surface area contributed by atoms with Crippen LogP contribution in [0.2, 0.25) is 0 Å². The van der Waals surface area contributed by atoms with E-state index in [1.54, 1.807) is 0 Å². The van der Waals surface area contributed by atoms with Crippen molar-refractivity contribution in [1.82, 2.24) is 0 Å². The van der Waals surface area contributed by atoms with E-state index in [4.69, 9.17) is 10.5 Å². The van der Waals surface area contributed by atoms with Gasteiger partial charge >= 0.3 is 0 Å². The zero-order valence-electron chi connectivity index (χ0n) is 12.5. The third kappa shape index (κ3) is 3.30. The van der Waals surface area contributed by atoms with Crippen molar-refractivity contribution in [3.8, 4) is 5.75 Å². The highest BCUT2D eigenvalue weighted by molar-refractivity contribution is 5.45. The Kier molecular flexibility index (Phi) is 4.51. The second-order valence-corrected chi connectivity index (χ2v) is 6.38. The topological polar surface area (TPSA) is 35.2 Å². The van der Waals surface area contributed by atoms with Crippen LogP contribution in [-0.2, 0) is 5.41 Å². The van der Waals surface area contributed by atoms with Crippen LogP contribution in [0.4, 0.5) is 0 Å². The SMILES string of the molecule is CCCCCCC(N)c1ccc2c(c1)C(C)(C)CO2. The summed E-state index contributed by atoms with van der Waals surface area (Å²) in [7, 11) is 0. The molecule has 0 amide bonds. The van der Waals surface area contributed by atoms with Crippen molar-refractivity contribution >= 4 is 0 Å². The minimum atomic E-state index is 0.118. The van der Waals surface area contributed by atoms with Gasteiger partial charge in [-0.05, 0) is 24.1 Å². The van der Waals surface area contributed by atoms with Crippen LogP contribution >= 0.6 is 0 Å². The number of hydrogen-bond acceptors (Lipinski definition) is 2. The number of unbranched alkanes of at least 4 members (excludes halogenated alkanes) is 3. The van der Waals surface area contributed by atoms with E-state index in [1.807, 2.05) is 0 Å². The molecular weight excluding hydrogens is 234 g/mol. The summed E-state index contributed by atoms with van der Waals surface area (Å²) in [5.41, 5.74) is 9.01. The van der Waals surface area contributed by atoms with Gasteiger partial charge in [0.25, 0.3) is 0 Å². The summed E-state index contributed by atoms with van der Waals surface area (Å²) in [6.45, 7) is 7.48. The van der Waals surface area contributed by atoms with E-state index < -0.39 is 0 Å². The van der Waals surface area contributed by atoms with Gasteiger partial charge in [-0.3, -0.25) is 0 Å². The third-order valence-electron chi connectivity index (χ3n) is 4.12. The van der Waals surface area contributed by atoms with Crippen LogP contribution < -0.4 is 10.5 Å². The molecule has 1 atom stereocenters. The Morgan fingerprint density at radius 1 is 1.26 bits per heavy atom. The smallest absolute Gasteiger partial charge is 0.123 e. The first-order chi connectivity index (χ1) is 9.04. The minimum absolute atomic E-state index is 0.118. The van der Waals surface area contributed by atoms with Crippen molar-refractivity contribution in [2.24, 2.45) is 5.73 Å². The third-order valence-corrected chi connectivity index (χ3v) is 4.12. The zero-order chi connectivity index (χ0) is 13.9. The first-order valence-electron chi connectivity index (χ1n) is 7.57. The lowest BCUT2D eigenvalue weighted by Gasteiger charge is -2.18. The Bertz CT molecular complexity index is 425. The van der Waals surface area contributed by atoms with Gasteiger partial charge in [0.05, 0.1) is 6.61 Å². The van der Waals surface area contributed by atoms with Gasteiger partial charge in [-0.1, -0.05) is 52.5 Å². The predicted octanol–water partition coefficient (Wildman–Crippen LogP) is 4.33. The van der Waals surface area contributed by atoms with E-state index in [9.17, 15) is 0 Å². The molecule has 106 valence electrons. The molecule has 0 saturated carbocycles. The Balaban J connectivity index is 2.01. The molecule has 0 aliphatic carbocycles. The Morgan fingerprint density at radius 3 is 2.79 bits per heavy atom. The molecule has 0 aromatic heterocycles. The standard InChI is InChI=1S/C17H27NO/c1-4-5-6-7-8-15(18)13-9-10-16-14(11-13)17(2,3)12-19-16/h9-11,15H,4-8,12,18H2,1-3H3. The minimum Gasteiger partial charge on any atom is -0.492 e. The van der Waals surface area contributed by atoms with Crippen LogP contribution in [0.25, 0.3) is 0 Å². The number of rotatable bonds is 6. The van der Waals surface area contributed by atoms with Crippen molar-refractivity contribution in [3.05, 3.63) is 29.3 Å². The lowest BCUT2D eigenvalue weighted by molar-refractivity contribution is 0.291. The molecule has 2 rings (SSSR count). The van der Waals surface area contributed by atoms with Crippen molar-refractivity contribution in [2.75, 3.05) is 6.61 Å². The highest BCUT2D eigenvalue weighted by atomic mass is 16.5. The Hall–Kier alpha value is -1.02. The second-order valence-electron chi connectivity index (χ2n) is 6.38. The summed E-state index contributed by atoms with van der Waals surface area (Å²) in [5.74, 6) is 1.03.